The molecule has 0 aliphatic carbocycles. The first kappa shape index (κ1) is 20.2. The van der Waals surface area contributed by atoms with Gasteiger partial charge in [-0.1, -0.05) is 35.2 Å². The van der Waals surface area contributed by atoms with Gasteiger partial charge in [-0.05, 0) is 26.0 Å². The highest BCUT2D eigenvalue weighted by Gasteiger charge is 2.21. The SMILES string of the molecule is CCOC(=O)CSc1nnc(NC(=O)C2=Cc3cccc(OCC)c3OC2)s1. The van der Waals surface area contributed by atoms with Crippen molar-refractivity contribution in [1.82, 2.24) is 10.2 Å². The predicted octanol–water partition coefficient (Wildman–Crippen LogP) is 3.01. The number of carbonyl (C=O) groups excluding carboxylic acids is 2. The van der Waals surface area contributed by atoms with Crippen LogP contribution in [-0.2, 0) is 14.3 Å². The number of para-hydroxylation sites is 1. The molecule has 1 aliphatic rings. The molecule has 8 nitrogen and oxygen atoms in total. The van der Waals surface area contributed by atoms with E-state index >= 15 is 0 Å². The number of nitrogens with zero attached hydrogens (tertiary/aromatic N) is 2. The lowest BCUT2D eigenvalue weighted by atomic mass is 10.1. The van der Waals surface area contributed by atoms with Crippen LogP contribution in [-0.4, -0.2) is 47.6 Å². The number of ether oxygens (including phenoxy) is 3. The number of hydrogen-bond donors (Lipinski definition) is 1. The number of nitrogens with one attached hydrogen (secondary N) is 1. The standard InChI is InChI=1S/C18H19N3O5S2/c1-3-24-13-7-5-6-11-8-12(9-26-15(11)13)16(23)19-17-20-21-18(28-17)27-10-14(22)25-4-2/h5-8H,3-4,9-10H2,1-2H3,(H,19,20,23). The minimum atomic E-state index is -0.317. The minimum absolute atomic E-state index is 0.131. The van der Waals surface area contributed by atoms with E-state index in [-0.39, 0.29) is 24.2 Å². The second-order valence-electron chi connectivity index (χ2n) is 5.49. The molecule has 1 aromatic heterocycles. The lowest BCUT2D eigenvalue weighted by Crippen LogP contribution is -2.21. The van der Waals surface area contributed by atoms with Crippen molar-refractivity contribution in [2.45, 2.75) is 18.2 Å². The second kappa shape index (κ2) is 9.56. The van der Waals surface area contributed by atoms with Crippen LogP contribution in [0.15, 0.2) is 28.1 Å². The Morgan fingerprint density at radius 2 is 2.14 bits per heavy atom. The average molecular weight is 422 g/mol. The summed E-state index contributed by atoms with van der Waals surface area (Å²) >= 11 is 2.41. The highest BCUT2D eigenvalue weighted by atomic mass is 32.2. The zero-order chi connectivity index (χ0) is 19.9. The van der Waals surface area contributed by atoms with E-state index in [4.69, 9.17) is 14.2 Å². The van der Waals surface area contributed by atoms with E-state index in [2.05, 4.69) is 15.5 Å². The molecule has 0 radical (unpaired) electrons. The molecule has 0 atom stereocenters. The van der Waals surface area contributed by atoms with Crippen LogP contribution in [0.3, 0.4) is 0 Å². The summed E-state index contributed by atoms with van der Waals surface area (Å²) in [6, 6.07) is 5.54. The first-order valence-corrected chi connectivity index (χ1v) is 10.4. The molecule has 1 amide bonds. The Bertz CT molecular complexity index is 897. The largest absolute Gasteiger partial charge is 0.490 e. The van der Waals surface area contributed by atoms with Crippen molar-refractivity contribution in [1.29, 1.82) is 0 Å². The van der Waals surface area contributed by atoms with E-state index in [1.807, 2.05) is 25.1 Å². The molecule has 0 saturated heterocycles. The Hall–Kier alpha value is -2.59. The number of amides is 1. The maximum atomic E-state index is 12.5. The van der Waals surface area contributed by atoms with Gasteiger partial charge in [0.2, 0.25) is 5.13 Å². The van der Waals surface area contributed by atoms with E-state index in [1.165, 1.54) is 23.1 Å². The van der Waals surface area contributed by atoms with Crippen molar-refractivity contribution in [2.24, 2.45) is 0 Å². The Morgan fingerprint density at radius 1 is 1.29 bits per heavy atom. The molecule has 10 heteroatoms. The second-order valence-corrected chi connectivity index (χ2v) is 7.69. The van der Waals surface area contributed by atoms with E-state index in [0.717, 1.165) is 5.56 Å². The Morgan fingerprint density at radius 3 is 2.93 bits per heavy atom. The number of esters is 1. The van der Waals surface area contributed by atoms with Gasteiger partial charge < -0.3 is 14.2 Å². The number of fused-ring (bicyclic) bond motifs is 1. The molecule has 0 spiro atoms. The number of carbonyl (C=O) groups is 2. The van der Waals surface area contributed by atoms with Crippen LogP contribution in [0.25, 0.3) is 6.08 Å². The number of hydrogen-bond acceptors (Lipinski definition) is 9. The number of thioether (sulfide) groups is 1. The third-order valence-electron chi connectivity index (χ3n) is 3.55. The van der Waals surface area contributed by atoms with Gasteiger partial charge in [0.25, 0.3) is 5.91 Å². The van der Waals surface area contributed by atoms with Gasteiger partial charge in [0.05, 0.1) is 24.5 Å². The van der Waals surface area contributed by atoms with Gasteiger partial charge in [-0.2, -0.15) is 0 Å². The monoisotopic (exact) mass is 421 g/mol. The fourth-order valence-electron chi connectivity index (χ4n) is 2.40. The van der Waals surface area contributed by atoms with Crippen LogP contribution in [0, 0.1) is 0 Å². The quantitative estimate of drug-likeness (QED) is 0.394. The Kier molecular flexibility index (Phi) is 6.88. The molecule has 148 valence electrons. The molecule has 1 N–H and O–H groups in total. The summed E-state index contributed by atoms with van der Waals surface area (Å²) in [5.41, 5.74) is 1.25. The van der Waals surface area contributed by atoms with Crippen molar-refractivity contribution in [3.63, 3.8) is 0 Å². The average Bonchev–Trinajstić information content (AvgIpc) is 3.14. The van der Waals surface area contributed by atoms with Crippen molar-refractivity contribution < 1.29 is 23.8 Å². The van der Waals surface area contributed by atoms with Gasteiger partial charge in [0, 0.05) is 5.56 Å². The summed E-state index contributed by atoms with van der Waals surface area (Å²) in [7, 11) is 0. The fourth-order valence-corrected chi connectivity index (χ4v) is 3.94. The molecule has 28 heavy (non-hydrogen) atoms. The molecule has 1 aromatic carbocycles. The molecule has 3 rings (SSSR count). The number of aromatic nitrogens is 2. The van der Waals surface area contributed by atoms with Crippen LogP contribution in [0.5, 0.6) is 11.5 Å². The third kappa shape index (κ3) is 5.02. The van der Waals surface area contributed by atoms with Crippen LogP contribution < -0.4 is 14.8 Å². The van der Waals surface area contributed by atoms with Gasteiger partial charge in [0.1, 0.15) is 6.61 Å². The third-order valence-corrected chi connectivity index (χ3v) is 5.49. The number of rotatable bonds is 8. The van der Waals surface area contributed by atoms with Crippen molar-refractivity contribution in [2.75, 3.05) is 30.9 Å². The molecule has 2 heterocycles. The van der Waals surface area contributed by atoms with Crippen molar-refractivity contribution in [3.8, 4) is 11.5 Å². The van der Waals surface area contributed by atoms with Gasteiger partial charge in [-0.3, -0.25) is 14.9 Å². The first-order chi connectivity index (χ1) is 13.6. The summed E-state index contributed by atoms with van der Waals surface area (Å²) in [5, 5.41) is 11.0. The number of benzene rings is 1. The maximum Gasteiger partial charge on any atom is 0.316 e. The first-order valence-electron chi connectivity index (χ1n) is 8.63. The highest BCUT2D eigenvalue weighted by molar-refractivity contribution is 8.01. The molecule has 0 unspecified atom stereocenters. The van der Waals surface area contributed by atoms with Crippen LogP contribution in [0.2, 0.25) is 0 Å². The van der Waals surface area contributed by atoms with Crippen LogP contribution in [0.4, 0.5) is 5.13 Å². The maximum absolute atomic E-state index is 12.5. The Labute approximate surface area is 170 Å². The van der Waals surface area contributed by atoms with E-state index in [9.17, 15) is 9.59 Å². The molecular weight excluding hydrogens is 402 g/mol. The van der Waals surface area contributed by atoms with E-state index in [0.29, 0.717) is 39.8 Å². The zero-order valence-electron chi connectivity index (χ0n) is 15.4. The summed E-state index contributed by atoms with van der Waals surface area (Å²) in [5.74, 6) is 0.806. The minimum Gasteiger partial charge on any atom is -0.490 e. The summed E-state index contributed by atoms with van der Waals surface area (Å²) in [4.78, 5) is 23.9. The van der Waals surface area contributed by atoms with Gasteiger partial charge in [0.15, 0.2) is 15.8 Å². The lowest BCUT2D eigenvalue weighted by molar-refractivity contribution is -0.139. The molecule has 1 aliphatic heterocycles. The Balaban J connectivity index is 1.63. The van der Waals surface area contributed by atoms with E-state index < -0.39 is 0 Å². The topological polar surface area (TPSA) is 99.6 Å². The van der Waals surface area contributed by atoms with Gasteiger partial charge in [-0.25, -0.2) is 0 Å². The smallest absolute Gasteiger partial charge is 0.316 e. The lowest BCUT2D eigenvalue weighted by Gasteiger charge is -2.19. The zero-order valence-corrected chi connectivity index (χ0v) is 17.0. The molecule has 2 aromatic rings. The highest BCUT2D eigenvalue weighted by Crippen LogP contribution is 2.36. The fraction of sp³-hybridized carbons (Fsp3) is 0.333. The van der Waals surface area contributed by atoms with Crippen LogP contribution >= 0.6 is 23.1 Å². The van der Waals surface area contributed by atoms with Crippen LogP contribution in [0.1, 0.15) is 19.4 Å². The summed E-state index contributed by atoms with van der Waals surface area (Å²) in [6.07, 6.45) is 1.77. The van der Waals surface area contributed by atoms with E-state index in [1.54, 1.807) is 13.0 Å². The van der Waals surface area contributed by atoms with Gasteiger partial charge >= 0.3 is 5.97 Å². The molecular formula is C18H19N3O5S2. The normalized spacial score (nSPS) is 12.4. The van der Waals surface area contributed by atoms with Crippen molar-refractivity contribution >= 4 is 46.2 Å². The number of anilines is 1. The molecule has 0 bridgehead atoms. The summed E-state index contributed by atoms with van der Waals surface area (Å²) < 4.78 is 16.7. The van der Waals surface area contributed by atoms with Gasteiger partial charge in [-0.15, -0.1) is 10.2 Å². The van der Waals surface area contributed by atoms with Crippen molar-refractivity contribution in [3.05, 3.63) is 29.3 Å². The molecule has 0 fully saturated rings. The predicted molar refractivity (Wildman–Crippen MR) is 107 cm³/mol. The molecule has 0 saturated carbocycles. The summed E-state index contributed by atoms with van der Waals surface area (Å²) in [6.45, 7) is 4.65.